The van der Waals surface area contributed by atoms with Gasteiger partial charge in [-0.3, -0.25) is 9.59 Å². The normalized spacial score (nSPS) is 11.0. The van der Waals surface area contributed by atoms with Crippen molar-refractivity contribution < 1.29 is 14.3 Å². The molecule has 0 aliphatic rings. The monoisotopic (exact) mass is 368 g/mol. The van der Waals surface area contributed by atoms with E-state index in [-0.39, 0.29) is 11.8 Å². The van der Waals surface area contributed by atoms with Crippen LogP contribution in [-0.4, -0.2) is 25.5 Å². The summed E-state index contributed by atoms with van der Waals surface area (Å²) < 4.78 is 5.20. The molecule has 0 aliphatic carbocycles. The molecule has 0 fully saturated rings. The molecule has 0 saturated carbocycles. The first-order chi connectivity index (χ1) is 12.7. The Morgan fingerprint density at radius 1 is 1.00 bits per heavy atom. The molecule has 5 heteroatoms. The summed E-state index contributed by atoms with van der Waals surface area (Å²) in [6.45, 7) is 7.65. The van der Waals surface area contributed by atoms with Crippen LogP contribution in [0.1, 0.15) is 30.5 Å². The van der Waals surface area contributed by atoms with Gasteiger partial charge in [0.25, 0.3) is 0 Å². The molecule has 2 rings (SSSR count). The summed E-state index contributed by atoms with van der Waals surface area (Å²) in [5, 5.41) is 5.71. The third-order valence-electron chi connectivity index (χ3n) is 4.45. The first kappa shape index (κ1) is 20.5. The number of methoxy groups -OCH3 is 1. The van der Waals surface area contributed by atoms with E-state index in [0.29, 0.717) is 18.7 Å². The molecule has 0 saturated heterocycles. The highest BCUT2D eigenvalue weighted by atomic mass is 16.5. The van der Waals surface area contributed by atoms with Crippen molar-refractivity contribution in [1.29, 1.82) is 0 Å². The van der Waals surface area contributed by atoms with Crippen molar-refractivity contribution in [2.75, 3.05) is 19.0 Å². The average molecular weight is 368 g/mol. The fourth-order valence-corrected chi connectivity index (χ4v) is 2.81. The predicted molar refractivity (Wildman–Crippen MR) is 108 cm³/mol. The van der Waals surface area contributed by atoms with Gasteiger partial charge in [-0.05, 0) is 75.1 Å². The number of amides is 2. The minimum absolute atomic E-state index is 0.299. The molecule has 0 unspecified atom stereocenters. The van der Waals surface area contributed by atoms with E-state index in [2.05, 4.69) is 10.6 Å². The second-order valence-corrected chi connectivity index (χ2v) is 7.31. The van der Waals surface area contributed by atoms with Crippen LogP contribution in [0.2, 0.25) is 0 Å². The summed E-state index contributed by atoms with van der Waals surface area (Å²) in [6.07, 6.45) is 0.664. The van der Waals surface area contributed by atoms with Gasteiger partial charge in [-0.1, -0.05) is 18.2 Å². The number of benzene rings is 2. The van der Waals surface area contributed by atoms with Crippen LogP contribution in [0.15, 0.2) is 42.5 Å². The standard InChI is InChI=1S/C22H28N2O3/c1-15-11-16(2)13-18(12-15)24-21(26)22(3,4)20(25)23-10-9-17-7-6-8-19(14-17)27-5/h6-8,11-14H,9-10H2,1-5H3,(H,23,25)(H,24,26). The molecule has 2 aromatic carbocycles. The van der Waals surface area contributed by atoms with Gasteiger partial charge < -0.3 is 15.4 Å². The minimum atomic E-state index is -1.17. The van der Waals surface area contributed by atoms with Crippen molar-refractivity contribution in [3.63, 3.8) is 0 Å². The molecule has 0 heterocycles. The van der Waals surface area contributed by atoms with Gasteiger partial charge in [0.05, 0.1) is 7.11 Å². The Morgan fingerprint density at radius 2 is 1.67 bits per heavy atom. The molecule has 144 valence electrons. The lowest BCUT2D eigenvalue weighted by Crippen LogP contribution is -2.45. The van der Waals surface area contributed by atoms with Gasteiger partial charge in [-0.25, -0.2) is 0 Å². The van der Waals surface area contributed by atoms with Crippen LogP contribution in [0.4, 0.5) is 5.69 Å². The Bertz CT molecular complexity index is 808. The average Bonchev–Trinajstić information content (AvgIpc) is 2.60. The third-order valence-corrected chi connectivity index (χ3v) is 4.45. The van der Waals surface area contributed by atoms with Gasteiger partial charge in [0.2, 0.25) is 11.8 Å². The summed E-state index contributed by atoms with van der Waals surface area (Å²) in [5.41, 5.74) is 2.71. The summed E-state index contributed by atoms with van der Waals surface area (Å²) in [6, 6.07) is 13.5. The van der Waals surface area contributed by atoms with Crippen molar-refractivity contribution in [2.24, 2.45) is 5.41 Å². The van der Waals surface area contributed by atoms with E-state index in [1.807, 2.05) is 56.3 Å². The van der Waals surface area contributed by atoms with Crippen molar-refractivity contribution in [1.82, 2.24) is 5.32 Å². The molecule has 0 aromatic heterocycles. The maximum atomic E-state index is 12.6. The fraction of sp³-hybridized carbons (Fsp3) is 0.364. The smallest absolute Gasteiger partial charge is 0.239 e. The van der Waals surface area contributed by atoms with Crippen LogP contribution in [0.3, 0.4) is 0 Å². The number of carbonyl (C=O) groups excluding carboxylic acids is 2. The lowest BCUT2D eigenvalue weighted by atomic mass is 9.90. The Labute approximate surface area is 161 Å². The fourth-order valence-electron chi connectivity index (χ4n) is 2.81. The van der Waals surface area contributed by atoms with E-state index in [9.17, 15) is 9.59 Å². The van der Waals surface area contributed by atoms with Crippen LogP contribution in [-0.2, 0) is 16.0 Å². The molecule has 27 heavy (non-hydrogen) atoms. The maximum Gasteiger partial charge on any atom is 0.239 e. The Kier molecular flexibility index (Phi) is 6.61. The molecule has 2 amide bonds. The van der Waals surface area contributed by atoms with Crippen molar-refractivity contribution in [3.05, 3.63) is 59.2 Å². The molecule has 5 nitrogen and oxygen atoms in total. The summed E-state index contributed by atoms with van der Waals surface area (Å²) in [5.74, 6) is 0.158. The quantitative estimate of drug-likeness (QED) is 0.733. The van der Waals surface area contributed by atoms with Crippen molar-refractivity contribution in [2.45, 2.75) is 34.1 Å². The molecular formula is C22H28N2O3. The van der Waals surface area contributed by atoms with Gasteiger partial charge in [0, 0.05) is 12.2 Å². The first-order valence-electron chi connectivity index (χ1n) is 9.03. The molecule has 2 N–H and O–H groups in total. The number of nitrogens with one attached hydrogen (secondary N) is 2. The molecule has 0 bridgehead atoms. The highest BCUT2D eigenvalue weighted by molar-refractivity contribution is 6.09. The van der Waals surface area contributed by atoms with Gasteiger partial charge >= 0.3 is 0 Å². The first-order valence-corrected chi connectivity index (χ1v) is 9.03. The van der Waals surface area contributed by atoms with E-state index in [0.717, 1.165) is 22.4 Å². The Morgan fingerprint density at radius 3 is 2.30 bits per heavy atom. The van der Waals surface area contributed by atoms with E-state index in [1.54, 1.807) is 21.0 Å². The Hall–Kier alpha value is -2.82. The van der Waals surface area contributed by atoms with Crippen LogP contribution < -0.4 is 15.4 Å². The van der Waals surface area contributed by atoms with Gasteiger partial charge in [0.1, 0.15) is 11.2 Å². The summed E-state index contributed by atoms with van der Waals surface area (Å²) >= 11 is 0. The number of ether oxygens (including phenoxy) is 1. The van der Waals surface area contributed by atoms with Crippen LogP contribution in [0.5, 0.6) is 5.75 Å². The number of hydrogen-bond acceptors (Lipinski definition) is 3. The van der Waals surface area contributed by atoms with Gasteiger partial charge in [-0.2, -0.15) is 0 Å². The number of carbonyl (C=O) groups is 2. The second-order valence-electron chi connectivity index (χ2n) is 7.31. The number of hydrogen-bond donors (Lipinski definition) is 2. The zero-order valence-corrected chi connectivity index (χ0v) is 16.7. The maximum absolute atomic E-state index is 12.6. The zero-order valence-electron chi connectivity index (χ0n) is 16.7. The highest BCUT2D eigenvalue weighted by Crippen LogP contribution is 2.21. The molecule has 0 aliphatic heterocycles. The molecule has 0 atom stereocenters. The van der Waals surface area contributed by atoms with Crippen LogP contribution in [0, 0.1) is 19.3 Å². The lowest BCUT2D eigenvalue weighted by molar-refractivity contribution is -0.138. The highest BCUT2D eigenvalue weighted by Gasteiger charge is 2.35. The van der Waals surface area contributed by atoms with Crippen molar-refractivity contribution in [3.8, 4) is 5.75 Å². The van der Waals surface area contributed by atoms with E-state index < -0.39 is 5.41 Å². The molecule has 0 radical (unpaired) electrons. The topological polar surface area (TPSA) is 67.4 Å². The summed E-state index contributed by atoms with van der Waals surface area (Å²) in [4.78, 5) is 25.2. The minimum Gasteiger partial charge on any atom is -0.497 e. The van der Waals surface area contributed by atoms with Crippen LogP contribution >= 0.6 is 0 Å². The lowest BCUT2D eigenvalue weighted by Gasteiger charge is -2.23. The Balaban J connectivity index is 1.93. The van der Waals surface area contributed by atoms with Crippen molar-refractivity contribution >= 4 is 17.5 Å². The van der Waals surface area contributed by atoms with E-state index in [4.69, 9.17) is 4.74 Å². The predicted octanol–water partition coefficient (Wildman–Crippen LogP) is 3.64. The zero-order chi connectivity index (χ0) is 20.0. The molecular weight excluding hydrogens is 340 g/mol. The number of aryl methyl sites for hydroxylation is 2. The SMILES string of the molecule is COc1cccc(CCNC(=O)C(C)(C)C(=O)Nc2cc(C)cc(C)c2)c1. The summed E-state index contributed by atoms with van der Waals surface area (Å²) in [7, 11) is 1.62. The van der Waals surface area contributed by atoms with Crippen LogP contribution in [0.25, 0.3) is 0 Å². The van der Waals surface area contributed by atoms with Gasteiger partial charge in [-0.15, -0.1) is 0 Å². The third kappa shape index (κ3) is 5.58. The number of anilines is 1. The largest absolute Gasteiger partial charge is 0.497 e. The number of rotatable bonds is 7. The van der Waals surface area contributed by atoms with E-state index in [1.165, 1.54) is 0 Å². The molecule has 2 aromatic rings. The molecule has 0 spiro atoms. The second kappa shape index (κ2) is 8.71. The van der Waals surface area contributed by atoms with Gasteiger partial charge in [0.15, 0.2) is 0 Å². The van der Waals surface area contributed by atoms with E-state index >= 15 is 0 Å².